The molecular formula is C20H20O4. The lowest BCUT2D eigenvalue weighted by Gasteiger charge is -2.21. The van der Waals surface area contributed by atoms with E-state index in [2.05, 4.69) is 0 Å². The number of aryl methyl sites for hydroxylation is 1. The number of carbonyl (C=O) groups excluding carboxylic acids is 1. The lowest BCUT2D eigenvalue weighted by atomic mass is 10.1. The average molecular weight is 324 g/mol. The largest absolute Gasteiger partial charge is 0.478 e. The zero-order chi connectivity index (χ0) is 17.7. The molecule has 0 fully saturated rings. The highest BCUT2D eigenvalue weighted by Crippen LogP contribution is 2.20. The van der Waals surface area contributed by atoms with Crippen molar-refractivity contribution in [3.05, 3.63) is 71.3 Å². The molecule has 0 spiro atoms. The lowest BCUT2D eigenvalue weighted by molar-refractivity contribution is -0.152. The third-order valence-corrected chi connectivity index (χ3v) is 3.53. The van der Waals surface area contributed by atoms with Gasteiger partial charge in [-0.25, -0.2) is 4.79 Å². The third kappa shape index (κ3) is 4.56. The molecule has 0 aliphatic carbocycles. The van der Waals surface area contributed by atoms with Crippen LogP contribution in [0.1, 0.15) is 35.3 Å². The lowest BCUT2D eigenvalue weighted by Crippen LogP contribution is -2.37. The van der Waals surface area contributed by atoms with E-state index in [0.29, 0.717) is 11.3 Å². The van der Waals surface area contributed by atoms with E-state index in [1.807, 2.05) is 19.1 Å². The number of ketones is 1. The first-order valence-electron chi connectivity index (χ1n) is 7.59. The van der Waals surface area contributed by atoms with E-state index in [0.717, 1.165) is 11.1 Å². The van der Waals surface area contributed by atoms with Gasteiger partial charge in [0.1, 0.15) is 5.75 Å². The maximum absolute atomic E-state index is 12.1. The highest BCUT2D eigenvalue weighted by Gasteiger charge is 2.29. The second-order valence-corrected chi connectivity index (χ2v) is 6.05. The first kappa shape index (κ1) is 17.5. The molecule has 0 saturated carbocycles. The molecular weight excluding hydrogens is 304 g/mol. The summed E-state index contributed by atoms with van der Waals surface area (Å²) in [6, 6.07) is 14.3. The van der Waals surface area contributed by atoms with Crippen LogP contribution in [0.2, 0.25) is 0 Å². The highest BCUT2D eigenvalue weighted by molar-refractivity contribution is 6.06. The van der Waals surface area contributed by atoms with Gasteiger partial charge >= 0.3 is 5.97 Å². The number of aliphatic carboxylic acids is 1. The Kier molecular flexibility index (Phi) is 5.19. The molecule has 0 heterocycles. The van der Waals surface area contributed by atoms with E-state index < -0.39 is 11.6 Å². The quantitative estimate of drug-likeness (QED) is 0.641. The van der Waals surface area contributed by atoms with Crippen LogP contribution in [0.5, 0.6) is 5.75 Å². The minimum Gasteiger partial charge on any atom is -0.478 e. The molecule has 2 aromatic rings. The van der Waals surface area contributed by atoms with E-state index in [1.165, 1.54) is 19.9 Å². The average Bonchev–Trinajstić information content (AvgIpc) is 2.54. The van der Waals surface area contributed by atoms with Gasteiger partial charge in [0.05, 0.1) is 0 Å². The Labute approximate surface area is 141 Å². The van der Waals surface area contributed by atoms with E-state index in [1.54, 1.807) is 42.5 Å². The van der Waals surface area contributed by atoms with Gasteiger partial charge in [-0.05, 0) is 44.5 Å². The summed E-state index contributed by atoms with van der Waals surface area (Å²) in [4.78, 5) is 23.1. The highest BCUT2D eigenvalue weighted by atomic mass is 16.5. The molecule has 0 aliphatic rings. The van der Waals surface area contributed by atoms with Crippen LogP contribution in [0.3, 0.4) is 0 Å². The van der Waals surface area contributed by atoms with Gasteiger partial charge in [0.2, 0.25) is 0 Å². The maximum atomic E-state index is 12.1. The Morgan fingerprint density at radius 2 is 1.58 bits per heavy atom. The minimum absolute atomic E-state index is 0.0673. The van der Waals surface area contributed by atoms with Gasteiger partial charge in [-0.3, -0.25) is 4.79 Å². The van der Waals surface area contributed by atoms with Crippen LogP contribution in [0, 0.1) is 6.92 Å². The first-order valence-corrected chi connectivity index (χ1v) is 7.59. The molecule has 0 atom stereocenters. The predicted octanol–water partition coefficient (Wildman–Crippen LogP) is 4.13. The van der Waals surface area contributed by atoms with Crippen molar-refractivity contribution in [2.75, 3.05) is 0 Å². The second kappa shape index (κ2) is 7.13. The van der Waals surface area contributed by atoms with Crippen LogP contribution >= 0.6 is 0 Å². The molecule has 0 aliphatic heterocycles. The maximum Gasteiger partial charge on any atom is 0.347 e. The van der Waals surface area contributed by atoms with Crippen molar-refractivity contribution >= 4 is 17.8 Å². The molecule has 0 aromatic heterocycles. The van der Waals surface area contributed by atoms with Crippen LogP contribution in [-0.4, -0.2) is 22.5 Å². The number of ether oxygens (including phenoxy) is 1. The van der Waals surface area contributed by atoms with E-state index in [-0.39, 0.29) is 5.78 Å². The summed E-state index contributed by atoms with van der Waals surface area (Å²) in [7, 11) is 0. The Morgan fingerprint density at radius 1 is 1.00 bits per heavy atom. The number of carbonyl (C=O) groups is 2. The first-order chi connectivity index (χ1) is 11.3. The summed E-state index contributed by atoms with van der Waals surface area (Å²) in [5.74, 6) is -0.637. The Morgan fingerprint density at radius 3 is 2.12 bits per heavy atom. The molecule has 0 unspecified atom stereocenters. The fraction of sp³-hybridized carbons (Fsp3) is 0.200. The zero-order valence-corrected chi connectivity index (χ0v) is 13.9. The van der Waals surface area contributed by atoms with Crippen LogP contribution in [0.15, 0.2) is 54.6 Å². The fourth-order valence-corrected chi connectivity index (χ4v) is 1.97. The molecule has 124 valence electrons. The van der Waals surface area contributed by atoms with Crippen LogP contribution in [0.25, 0.3) is 6.08 Å². The number of benzene rings is 2. The summed E-state index contributed by atoms with van der Waals surface area (Å²) >= 11 is 0. The van der Waals surface area contributed by atoms with E-state index in [4.69, 9.17) is 9.84 Å². The SMILES string of the molecule is Cc1ccc(C(=O)/C=C/c2ccc(OC(C)(C)C(=O)O)cc2)cc1. The number of hydrogen-bond donors (Lipinski definition) is 1. The van der Waals surface area contributed by atoms with Crippen molar-refractivity contribution in [1.82, 2.24) is 0 Å². The van der Waals surface area contributed by atoms with Crippen molar-refractivity contribution in [2.24, 2.45) is 0 Å². The summed E-state index contributed by atoms with van der Waals surface area (Å²) in [5.41, 5.74) is 1.28. The van der Waals surface area contributed by atoms with Crippen molar-refractivity contribution in [2.45, 2.75) is 26.4 Å². The predicted molar refractivity (Wildman–Crippen MR) is 93.3 cm³/mol. The number of carboxylic acids is 1. The molecule has 2 rings (SSSR count). The van der Waals surface area contributed by atoms with Crippen molar-refractivity contribution in [1.29, 1.82) is 0 Å². The van der Waals surface area contributed by atoms with E-state index >= 15 is 0 Å². The molecule has 4 heteroatoms. The summed E-state index contributed by atoms with van der Waals surface area (Å²) < 4.78 is 5.43. The van der Waals surface area contributed by atoms with Gasteiger partial charge in [-0.2, -0.15) is 0 Å². The minimum atomic E-state index is -1.29. The molecule has 0 amide bonds. The normalized spacial score (nSPS) is 11.5. The van der Waals surface area contributed by atoms with E-state index in [9.17, 15) is 9.59 Å². The molecule has 2 aromatic carbocycles. The summed E-state index contributed by atoms with van der Waals surface area (Å²) in [6.07, 6.45) is 3.23. The third-order valence-electron chi connectivity index (χ3n) is 3.53. The van der Waals surface area contributed by atoms with Crippen LogP contribution < -0.4 is 4.74 Å². The smallest absolute Gasteiger partial charge is 0.347 e. The molecule has 0 saturated heterocycles. The Bertz CT molecular complexity index is 753. The zero-order valence-electron chi connectivity index (χ0n) is 13.9. The Hall–Kier alpha value is -2.88. The number of allylic oxidation sites excluding steroid dienone is 1. The molecule has 0 bridgehead atoms. The molecule has 0 radical (unpaired) electrons. The van der Waals surface area contributed by atoms with Gasteiger partial charge in [0.25, 0.3) is 0 Å². The van der Waals surface area contributed by atoms with Crippen LogP contribution in [0.4, 0.5) is 0 Å². The number of hydrogen-bond acceptors (Lipinski definition) is 3. The number of carboxylic acid groups (broad SMARTS) is 1. The van der Waals surface area contributed by atoms with Crippen LogP contribution in [-0.2, 0) is 4.79 Å². The van der Waals surface area contributed by atoms with Gasteiger partial charge in [-0.1, -0.05) is 48.0 Å². The van der Waals surface area contributed by atoms with Gasteiger partial charge in [0, 0.05) is 5.56 Å². The summed E-state index contributed by atoms with van der Waals surface area (Å²) in [5, 5.41) is 9.05. The summed E-state index contributed by atoms with van der Waals surface area (Å²) in [6.45, 7) is 4.95. The van der Waals surface area contributed by atoms with Gasteiger partial charge in [-0.15, -0.1) is 0 Å². The Balaban J connectivity index is 2.04. The molecule has 1 N–H and O–H groups in total. The van der Waals surface area contributed by atoms with Crippen molar-refractivity contribution < 1.29 is 19.4 Å². The van der Waals surface area contributed by atoms with Crippen molar-refractivity contribution in [3.8, 4) is 5.75 Å². The number of rotatable bonds is 6. The second-order valence-electron chi connectivity index (χ2n) is 6.05. The van der Waals surface area contributed by atoms with Gasteiger partial charge < -0.3 is 9.84 Å². The molecule has 4 nitrogen and oxygen atoms in total. The fourth-order valence-electron chi connectivity index (χ4n) is 1.97. The molecule has 24 heavy (non-hydrogen) atoms. The van der Waals surface area contributed by atoms with Crippen molar-refractivity contribution in [3.63, 3.8) is 0 Å². The standard InChI is InChI=1S/C20H20O4/c1-14-4-9-16(10-5-14)18(21)13-8-15-6-11-17(12-7-15)24-20(2,3)19(22)23/h4-13H,1-3H3,(H,22,23)/b13-8+. The topological polar surface area (TPSA) is 63.6 Å². The van der Waals surface area contributed by atoms with Gasteiger partial charge in [0.15, 0.2) is 11.4 Å². The monoisotopic (exact) mass is 324 g/mol.